The van der Waals surface area contributed by atoms with Crippen molar-refractivity contribution in [2.24, 2.45) is 0 Å². The Morgan fingerprint density at radius 1 is 1.29 bits per heavy atom. The van der Waals surface area contributed by atoms with E-state index in [9.17, 15) is 4.79 Å². The minimum absolute atomic E-state index is 0.108. The third-order valence-corrected chi connectivity index (χ3v) is 4.35. The summed E-state index contributed by atoms with van der Waals surface area (Å²) in [6.07, 6.45) is 1.75. The quantitative estimate of drug-likeness (QED) is 0.798. The van der Waals surface area contributed by atoms with Gasteiger partial charge in [-0.1, -0.05) is 23.7 Å². The standard InChI is InChI=1S/C15H12ClN3OS/c1-9-7-21-15-13(9)14(17-8-18-15)19-12(20)6-10-2-4-11(16)5-3-10/h2-5,7-8H,6H2,1H3,(H,17,18,19,20). The molecule has 0 unspecified atom stereocenters. The molecule has 1 amide bonds. The minimum atomic E-state index is -0.108. The first-order valence-electron chi connectivity index (χ1n) is 6.36. The van der Waals surface area contributed by atoms with Gasteiger partial charge in [0, 0.05) is 5.02 Å². The molecule has 0 radical (unpaired) electrons. The Morgan fingerprint density at radius 3 is 2.81 bits per heavy atom. The summed E-state index contributed by atoms with van der Waals surface area (Å²) in [6, 6.07) is 7.23. The predicted molar refractivity (Wildman–Crippen MR) is 85.9 cm³/mol. The molecule has 4 nitrogen and oxygen atoms in total. The molecule has 1 aromatic carbocycles. The molecule has 0 atom stereocenters. The second-order valence-corrected chi connectivity index (χ2v) is 5.97. The van der Waals surface area contributed by atoms with Crippen molar-refractivity contribution < 1.29 is 4.79 Å². The second kappa shape index (κ2) is 5.79. The number of aryl methyl sites for hydroxylation is 1. The number of aromatic nitrogens is 2. The summed E-state index contributed by atoms with van der Waals surface area (Å²) in [6.45, 7) is 1.98. The van der Waals surface area contributed by atoms with E-state index >= 15 is 0 Å². The summed E-state index contributed by atoms with van der Waals surface area (Å²) in [5, 5.41) is 6.43. The molecule has 0 aliphatic rings. The Labute approximate surface area is 130 Å². The number of carbonyl (C=O) groups excluding carboxylic acids is 1. The van der Waals surface area contributed by atoms with Crippen LogP contribution in [0.15, 0.2) is 36.0 Å². The Balaban J connectivity index is 1.80. The summed E-state index contributed by atoms with van der Waals surface area (Å²) in [7, 11) is 0. The molecule has 0 saturated heterocycles. The monoisotopic (exact) mass is 317 g/mol. The lowest BCUT2D eigenvalue weighted by molar-refractivity contribution is -0.115. The number of carbonyl (C=O) groups is 1. The van der Waals surface area contributed by atoms with E-state index in [1.54, 1.807) is 23.5 Å². The largest absolute Gasteiger partial charge is 0.310 e. The Bertz CT molecular complexity index is 798. The van der Waals surface area contributed by atoms with Gasteiger partial charge in [0.25, 0.3) is 0 Å². The molecule has 2 aromatic heterocycles. The Hall–Kier alpha value is -1.98. The second-order valence-electron chi connectivity index (χ2n) is 4.67. The lowest BCUT2D eigenvalue weighted by atomic mass is 10.1. The van der Waals surface area contributed by atoms with E-state index in [-0.39, 0.29) is 12.3 Å². The van der Waals surface area contributed by atoms with Crippen LogP contribution in [0.25, 0.3) is 10.2 Å². The molecule has 0 bridgehead atoms. The number of rotatable bonds is 3. The van der Waals surface area contributed by atoms with Gasteiger partial charge in [-0.2, -0.15) is 0 Å². The van der Waals surface area contributed by atoms with Crippen molar-refractivity contribution >= 4 is 44.9 Å². The number of halogens is 1. The topological polar surface area (TPSA) is 54.9 Å². The molecule has 3 rings (SSSR count). The smallest absolute Gasteiger partial charge is 0.229 e. The van der Waals surface area contributed by atoms with Crippen LogP contribution in [0.4, 0.5) is 5.82 Å². The van der Waals surface area contributed by atoms with Gasteiger partial charge in [-0.25, -0.2) is 9.97 Å². The third-order valence-electron chi connectivity index (χ3n) is 3.09. The first kappa shape index (κ1) is 14.0. The summed E-state index contributed by atoms with van der Waals surface area (Å²) in [5.74, 6) is 0.459. The average molecular weight is 318 g/mol. The first-order chi connectivity index (χ1) is 10.1. The van der Waals surface area contributed by atoms with Gasteiger partial charge < -0.3 is 5.32 Å². The minimum Gasteiger partial charge on any atom is -0.310 e. The molecule has 0 spiro atoms. The third kappa shape index (κ3) is 3.04. The van der Waals surface area contributed by atoms with Crippen molar-refractivity contribution in [3.8, 4) is 0 Å². The van der Waals surface area contributed by atoms with Crippen molar-refractivity contribution in [2.75, 3.05) is 5.32 Å². The fourth-order valence-electron chi connectivity index (χ4n) is 2.08. The number of hydrogen-bond acceptors (Lipinski definition) is 4. The average Bonchev–Trinajstić information content (AvgIpc) is 2.84. The molecule has 106 valence electrons. The number of fused-ring (bicyclic) bond motifs is 1. The van der Waals surface area contributed by atoms with Crippen molar-refractivity contribution in [2.45, 2.75) is 13.3 Å². The number of nitrogens with zero attached hydrogens (tertiary/aromatic N) is 2. The maximum Gasteiger partial charge on any atom is 0.229 e. The number of anilines is 1. The molecule has 6 heteroatoms. The molecule has 1 N–H and O–H groups in total. The zero-order valence-corrected chi connectivity index (χ0v) is 12.8. The predicted octanol–water partition coefficient (Wildman–Crippen LogP) is 3.83. The molecule has 0 aliphatic heterocycles. The van der Waals surface area contributed by atoms with Gasteiger partial charge in [0.05, 0.1) is 11.8 Å². The van der Waals surface area contributed by atoms with E-state index in [1.807, 2.05) is 24.4 Å². The molecule has 0 fully saturated rings. The highest BCUT2D eigenvalue weighted by Crippen LogP contribution is 2.28. The number of benzene rings is 1. The van der Waals surface area contributed by atoms with Crippen LogP contribution in [0.2, 0.25) is 5.02 Å². The van der Waals surface area contributed by atoms with Gasteiger partial charge in [0.1, 0.15) is 17.0 Å². The fourth-order valence-corrected chi connectivity index (χ4v) is 3.09. The van der Waals surface area contributed by atoms with Crippen LogP contribution in [0, 0.1) is 6.92 Å². The number of amides is 1. The highest BCUT2D eigenvalue weighted by molar-refractivity contribution is 7.17. The lowest BCUT2D eigenvalue weighted by Crippen LogP contribution is -2.15. The van der Waals surface area contributed by atoms with Crippen LogP contribution in [-0.4, -0.2) is 15.9 Å². The van der Waals surface area contributed by atoms with Gasteiger partial charge in [0.2, 0.25) is 5.91 Å². The van der Waals surface area contributed by atoms with Gasteiger partial charge in [0.15, 0.2) is 0 Å². The van der Waals surface area contributed by atoms with E-state index < -0.39 is 0 Å². The van der Waals surface area contributed by atoms with Crippen LogP contribution in [-0.2, 0) is 11.2 Å². The molecule has 21 heavy (non-hydrogen) atoms. The molecule has 3 aromatic rings. The maximum absolute atomic E-state index is 12.1. The zero-order valence-electron chi connectivity index (χ0n) is 11.3. The first-order valence-corrected chi connectivity index (χ1v) is 7.62. The van der Waals surface area contributed by atoms with Gasteiger partial charge in [-0.05, 0) is 35.6 Å². The van der Waals surface area contributed by atoms with Crippen LogP contribution in [0.5, 0.6) is 0 Å². The number of thiophene rings is 1. The van der Waals surface area contributed by atoms with Crippen molar-refractivity contribution in [1.29, 1.82) is 0 Å². The summed E-state index contributed by atoms with van der Waals surface area (Å²) >= 11 is 7.38. The zero-order chi connectivity index (χ0) is 14.8. The van der Waals surface area contributed by atoms with E-state index in [2.05, 4.69) is 15.3 Å². The molecular weight excluding hydrogens is 306 g/mol. The number of nitrogens with one attached hydrogen (secondary N) is 1. The van der Waals surface area contributed by atoms with Gasteiger partial charge in [-0.3, -0.25) is 4.79 Å². The SMILES string of the molecule is Cc1csc2ncnc(NC(=O)Cc3ccc(Cl)cc3)c12. The summed E-state index contributed by atoms with van der Waals surface area (Å²) in [4.78, 5) is 21.4. The van der Waals surface area contributed by atoms with Crippen molar-refractivity contribution in [3.63, 3.8) is 0 Å². The van der Waals surface area contributed by atoms with Crippen molar-refractivity contribution in [1.82, 2.24) is 9.97 Å². The van der Waals surface area contributed by atoms with Crippen LogP contribution >= 0.6 is 22.9 Å². The van der Waals surface area contributed by atoms with E-state index in [1.165, 1.54) is 6.33 Å². The Morgan fingerprint density at radius 2 is 2.05 bits per heavy atom. The molecule has 0 aliphatic carbocycles. The lowest BCUT2D eigenvalue weighted by Gasteiger charge is -2.06. The summed E-state index contributed by atoms with van der Waals surface area (Å²) in [5.41, 5.74) is 1.97. The van der Waals surface area contributed by atoms with Crippen LogP contribution in [0.1, 0.15) is 11.1 Å². The molecular formula is C15H12ClN3OS. The highest BCUT2D eigenvalue weighted by Gasteiger charge is 2.11. The van der Waals surface area contributed by atoms with Crippen LogP contribution < -0.4 is 5.32 Å². The summed E-state index contributed by atoms with van der Waals surface area (Å²) < 4.78 is 0. The maximum atomic E-state index is 12.1. The molecule has 0 saturated carbocycles. The fraction of sp³-hybridized carbons (Fsp3) is 0.133. The van der Waals surface area contributed by atoms with E-state index in [0.717, 1.165) is 21.3 Å². The van der Waals surface area contributed by atoms with Crippen molar-refractivity contribution in [3.05, 3.63) is 52.1 Å². The number of hydrogen-bond donors (Lipinski definition) is 1. The van der Waals surface area contributed by atoms with Gasteiger partial charge in [-0.15, -0.1) is 11.3 Å². The van der Waals surface area contributed by atoms with E-state index in [4.69, 9.17) is 11.6 Å². The van der Waals surface area contributed by atoms with Crippen LogP contribution in [0.3, 0.4) is 0 Å². The van der Waals surface area contributed by atoms with Gasteiger partial charge >= 0.3 is 0 Å². The van der Waals surface area contributed by atoms with E-state index in [0.29, 0.717) is 10.8 Å². The normalized spacial score (nSPS) is 10.8. The Kier molecular flexibility index (Phi) is 3.86. The highest BCUT2D eigenvalue weighted by atomic mass is 35.5. The molecule has 2 heterocycles.